The fourth-order valence-electron chi connectivity index (χ4n) is 3.59. The molecular formula is C14H18BrN3O2. The van der Waals surface area contributed by atoms with Gasteiger partial charge >= 0.3 is 0 Å². The molecule has 2 aliphatic rings. The maximum absolute atomic E-state index is 12.1. The van der Waals surface area contributed by atoms with E-state index >= 15 is 0 Å². The van der Waals surface area contributed by atoms with E-state index in [4.69, 9.17) is 0 Å². The topological polar surface area (TPSA) is 63.1 Å². The molecule has 2 amide bonds. The smallest absolute Gasteiger partial charge is 0.286 e. The Balaban J connectivity index is 1.55. The van der Waals surface area contributed by atoms with Gasteiger partial charge in [-0.15, -0.1) is 0 Å². The molecule has 108 valence electrons. The Bertz CT molecular complexity index is 555. The van der Waals surface area contributed by atoms with Gasteiger partial charge in [0.15, 0.2) is 0 Å². The fraction of sp³-hybridized carbons (Fsp3) is 0.571. The van der Waals surface area contributed by atoms with Gasteiger partial charge in [-0.1, -0.05) is 6.42 Å². The number of fused-ring (bicyclic) bond motifs is 2. The van der Waals surface area contributed by atoms with Gasteiger partial charge in [0.1, 0.15) is 5.69 Å². The normalized spacial score (nSPS) is 27.6. The highest BCUT2D eigenvalue weighted by atomic mass is 79.9. The van der Waals surface area contributed by atoms with E-state index in [1.165, 1.54) is 12.8 Å². The first kappa shape index (κ1) is 13.7. The van der Waals surface area contributed by atoms with Gasteiger partial charge in [-0.2, -0.15) is 0 Å². The van der Waals surface area contributed by atoms with Crippen LogP contribution in [0.15, 0.2) is 16.7 Å². The van der Waals surface area contributed by atoms with Crippen molar-refractivity contribution in [3.05, 3.63) is 22.4 Å². The van der Waals surface area contributed by atoms with E-state index in [0.29, 0.717) is 11.6 Å². The van der Waals surface area contributed by atoms with Crippen LogP contribution in [0.2, 0.25) is 0 Å². The molecule has 20 heavy (non-hydrogen) atoms. The summed E-state index contributed by atoms with van der Waals surface area (Å²) in [5, 5.41) is 0. The van der Waals surface area contributed by atoms with Crippen LogP contribution in [0.4, 0.5) is 0 Å². The minimum absolute atomic E-state index is 0.0428. The standard InChI is InChI=1S/C14H18BrN3O2/c1-18-7-10(15)6-12(18)14(20)17-16-13(19)11-5-8-2-3-9(11)4-8/h6-9,11H,2-5H2,1H3,(H,16,19)(H,17,20). The predicted molar refractivity (Wildman–Crippen MR) is 77.7 cm³/mol. The Morgan fingerprint density at radius 1 is 1.30 bits per heavy atom. The van der Waals surface area contributed by atoms with Crippen LogP contribution in [-0.4, -0.2) is 16.4 Å². The second kappa shape index (κ2) is 5.24. The van der Waals surface area contributed by atoms with Crippen LogP contribution in [0, 0.1) is 17.8 Å². The summed E-state index contributed by atoms with van der Waals surface area (Å²) in [6.07, 6.45) is 6.37. The van der Waals surface area contributed by atoms with Gasteiger partial charge in [0.05, 0.1) is 0 Å². The van der Waals surface area contributed by atoms with Crippen LogP contribution in [-0.2, 0) is 11.8 Å². The average molecular weight is 340 g/mol. The highest BCUT2D eigenvalue weighted by Crippen LogP contribution is 2.48. The van der Waals surface area contributed by atoms with Crippen molar-refractivity contribution in [2.45, 2.75) is 25.7 Å². The highest BCUT2D eigenvalue weighted by Gasteiger charge is 2.43. The third kappa shape index (κ3) is 2.49. The van der Waals surface area contributed by atoms with Gasteiger partial charge in [0.2, 0.25) is 5.91 Å². The number of hydrogen-bond acceptors (Lipinski definition) is 2. The van der Waals surface area contributed by atoms with E-state index in [9.17, 15) is 9.59 Å². The maximum atomic E-state index is 12.1. The van der Waals surface area contributed by atoms with Crippen LogP contribution in [0.25, 0.3) is 0 Å². The zero-order valence-corrected chi connectivity index (χ0v) is 12.9. The summed E-state index contributed by atoms with van der Waals surface area (Å²) in [6.45, 7) is 0. The molecule has 2 aliphatic carbocycles. The molecule has 1 heterocycles. The quantitative estimate of drug-likeness (QED) is 0.809. The molecule has 0 radical (unpaired) electrons. The number of aromatic nitrogens is 1. The van der Waals surface area contributed by atoms with Crippen LogP contribution in [0.3, 0.4) is 0 Å². The number of rotatable bonds is 2. The first-order valence-electron chi connectivity index (χ1n) is 6.96. The summed E-state index contributed by atoms with van der Waals surface area (Å²) < 4.78 is 2.55. The number of carbonyl (C=O) groups excluding carboxylic acids is 2. The minimum Gasteiger partial charge on any atom is -0.345 e. The monoisotopic (exact) mass is 339 g/mol. The molecule has 0 aliphatic heterocycles. The lowest BCUT2D eigenvalue weighted by Gasteiger charge is -2.20. The second-order valence-corrected chi connectivity index (χ2v) is 6.79. The molecule has 6 heteroatoms. The molecule has 1 aromatic heterocycles. The van der Waals surface area contributed by atoms with Gasteiger partial charge in [0.25, 0.3) is 5.91 Å². The van der Waals surface area contributed by atoms with Gasteiger partial charge in [-0.05, 0) is 53.1 Å². The summed E-state index contributed by atoms with van der Waals surface area (Å²) in [5.41, 5.74) is 5.59. The average Bonchev–Trinajstić information content (AvgIpc) is 3.10. The van der Waals surface area contributed by atoms with Crippen molar-refractivity contribution >= 4 is 27.7 Å². The molecule has 5 nitrogen and oxygen atoms in total. The molecule has 0 aromatic carbocycles. The van der Waals surface area contributed by atoms with Crippen molar-refractivity contribution in [1.82, 2.24) is 15.4 Å². The number of hydrazine groups is 1. The van der Waals surface area contributed by atoms with Gasteiger partial charge < -0.3 is 4.57 Å². The molecule has 0 spiro atoms. The fourth-order valence-corrected chi connectivity index (χ4v) is 4.11. The highest BCUT2D eigenvalue weighted by molar-refractivity contribution is 9.10. The van der Waals surface area contributed by atoms with E-state index in [2.05, 4.69) is 26.8 Å². The summed E-state index contributed by atoms with van der Waals surface area (Å²) in [4.78, 5) is 24.1. The van der Waals surface area contributed by atoms with E-state index in [1.54, 1.807) is 23.9 Å². The molecule has 3 atom stereocenters. The first-order chi connectivity index (χ1) is 9.54. The van der Waals surface area contributed by atoms with Gasteiger partial charge in [-0.3, -0.25) is 20.4 Å². The van der Waals surface area contributed by atoms with E-state index in [0.717, 1.165) is 23.2 Å². The van der Waals surface area contributed by atoms with Crippen molar-refractivity contribution in [3.63, 3.8) is 0 Å². The van der Waals surface area contributed by atoms with Crippen LogP contribution in [0.5, 0.6) is 0 Å². The Morgan fingerprint density at radius 2 is 2.10 bits per heavy atom. The Morgan fingerprint density at radius 3 is 2.65 bits per heavy atom. The summed E-state index contributed by atoms with van der Waals surface area (Å²) in [7, 11) is 1.79. The Hall–Kier alpha value is -1.30. The predicted octanol–water partition coefficient (Wildman–Crippen LogP) is 1.98. The Kier molecular flexibility index (Phi) is 3.58. The van der Waals surface area contributed by atoms with Crippen molar-refractivity contribution in [3.8, 4) is 0 Å². The van der Waals surface area contributed by atoms with Crippen LogP contribution in [0.1, 0.15) is 36.2 Å². The first-order valence-corrected chi connectivity index (χ1v) is 7.76. The molecule has 0 saturated heterocycles. The van der Waals surface area contributed by atoms with Gasteiger partial charge in [0, 0.05) is 23.6 Å². The van der Waals surface area contributed by atoms with E-state index in [-0.39, 0.29) is 17.7 Å². The third-order valence-electron chi connectivity index (χ3n) is 4.58. The largest absolute Gasteiger partial charge is 0.345 e. The molecule has 2 N–H and O–H groups in total. The number of hydrogen-bond donors (Lipinski definition) is 2. The summed E-state index contributed by atoms with van der Waals surface area (Å²) in [5.74, 6) is 0.971. The number of halogens is 1. The molecule has 2 saturated carbocycles. The summed E-state index contributed by atoms with van der Waals surface area (Å²) >= 11 is 3.32. The number of carbonyl (C=O) groups is 2. The van der Waals surface area contributed by atoms with E-state index in [1.807, 2.05) is 0 Å². The number of aryl methyl sites for hydroxylation is 1. The van der Waals surface area contributed by atoms with Gasteiger partial charge in [-0.25, -0.2) is 0 Å². The third-order valence-corrected chi connectivity index (χ3v) is 5.01. The van der Waals surface area contributed by atoms with Crippen LogP contribution >= 0.6 is 15.9 Å². The van der Waals surface area contributed by atoms with Crippen molar-refractivity contribution in [2.24, 2.45) is 24.8 Å². The zero-order chi connectivity index (χ0) is 14.3. The lowest BCUT2D eigenvalue weighted by molar-refractivity contribution is -0.127. The molecule has 3 rings (SSSR count). The minimum atomic E-state index is -0.297. The second-order valence-electron chi connectivity index (χ2n) is 5.88. The molecule has 2 bridgehead atoms. The van der Waals surface area contributed by atoms with E-state index < -0.39 is 0 Å². The molecule has 3 unspecified atom stereocenters. The molecule has 2 fully saturated rings. The van der Waals surface area contributed by atoms with Crippen molar-refractivity contribution in [1.29, 1.82) is 0 Å². The zero-order valence-electron chi connectivity index (χ0n) is 11.4. The maximum Gasteiger partial charge on any atom is 0.286 e. The summed E-state index contributed by atoms with van der Waals surface area (Å²) in [6, 6.07) is 1.72. The number of amides is 2. The lowest BCUT2D eigenvalue weighted by atomic mass is 9.88. The van der Waals surface area contributed by atoms with Crippen molar-refractivity contribution in [2.75, 3.05) is 0 Å². The molecular weight excluding hydrogens is 322 g/mol. The SMILES string of the molecule is Cn1cc(Br)cc1C(=O)NNC(=O)C1CC2CCC1C2. The van der Waals surface area contributed by atoms with Crippen molar-refractivity contribution < 1.29 is 9.59 Å². The molecule has 1 aromatic rings. The number of nitrogens with one attached hydrogen (secondary N) is 2. The van der Waals surface area contributed by atoms with Crippen LogP contribution < -0.4 is 10.9 Å². The lowest BCUT2D eigenvalue weighted by Crippen LogP contribution is -2.46. The number of nitrogens with zero attached hydrogens (tertiary/aromatic N) is 1. The Labute approximate surface area is 126 Å².